The summed E-state index contributed by atoms with van der Waals surface area (Å²) in [5.74, 6) is -0.904. The molecule has 2 aromatic heterocycles. The van der Waals surface area contributed by atoms with Gasteiger partial charge in [0.05, 0.1) is 29.6 Å². The molecule has 0 unspecified atom stereocenters. The van der Waals surface area contributed by atoms with E-state index in [1.807, 2.05) is 52.0 Å². The van der Waals surface area contributed by atoms with E-state index in [2.05, 4.69) is 10.1 Å². The van der Waals surface area contributed by atoms with Crippen LogP contribution in [-0.2, 0) is 9.53 Å². The molecule has 1 amide bonds. The highest BCUT2D eigenvalue weighted by Gasteiger charge is 2.22. The number of aromatic nitrogens is 3. The van der Waals surface area contributed by atoms with Gasteiger partial charge in [-0.15, -0.1) is 0 Å². The van der Waals surface area contributed by atoms with Crippen molar-refractivity contribution < 1.29 is 14.3 Å². The Hall–Kier alpha value is -3.73. The largest absolute Gasteiger partial charge is 0.452 e. The molecule has 0 aliphatic heterocycles. The lowest BCUT2D eigenvalue weighted by atomic mass is 10.1. The number of anilines is 1. The predicted molar refractivity (Wildman–Crippen MR) is 121 cm³/mol. The Morgan fingerprint density at radius 3 is 2.53 bits per heavy atom. The first kappa shape index (κ1) is 22.9. The zero-order valence-corrected chi connectivity index (χ0v) is 18.8. The zero-order chi connectivity index (χ0) is 23.3. The Balaban J connectivity index is 1.85. The monoisotopic (exact) mass is 433 g/mol. The summed E-state index contributed by atoms with van der Waals surface area (Å²) in [7, 11) is 0. The van der Waals surface area contributed by atoms with Gasteiger partial charge in [0.15, 0.2) is 12.3 Å². The van der Waals surface area contributed by atoms with E-state index >= 15 is 0 Å². The maximum Gasteiger partial charge on any atom is 0.339 e. The fourth-order valence-corrected chi connectivity index (χ4v) is 3.33. The van der Waals surface area contributed by atoms with E-state index in [-0.39, 0.29) is 24.9 Å². The second kappa shape index (κ2) is 10.1. The second-order valence-electron chi connectivity index (χ2n) is 8.03. The van der Waals surface area contributed by atoms with Gasteiger partial charge in [-0.05, 0) is 38.0 Å². The molecule has 0 aliphatic rings. The highest BCUT2D eigenvalue weighted by molar-refractivity contribution is 6.04. The van der Waals surface area contributed by atoms with Gasteiger partial charge >= 0.3 is 5.97 Å². The van der Waals surface area contributed by atoms with Gasteiger partial charge in [-0.25, -0.2) is 14.5 Å². The molecule has 32 heavy (non-hydrogen) atoms. The third-order valence-electron chi connectivity index (χ3n) is 5.03. The molecule has 8 heteroatoms. The first-order valence-corrected chi connectivity index (χ1v) is 10.6. The molecule has 2 heterocycles. The number of hydrogen-bond acceptors (Lipinski definition) is 6. The van der Waals surface area contributed by atoms with Crippen molar-refractivity contribution >= 4 is 28.6 Å². The van der Waals surface area contributed by atoms with Crippen molar-refractivity contribution in [2.24, 2.45) is 0 Å². The number of ether oxygens (including phenoxy) is 1. The molecule has 0 saturated carbocycles. The molecule has 0 N–H and O–H groups in total. The van der Waals surface area contributed by atoms with Crippen LogP contribution in [0.3, 0.4) is 0 Å². The number of rotatable bonds is 8. The van der Waals surface area contributed by atoms with Crippen LogP contribution in [0.2, 0.25) is 0 Å². The van der Waals surface area contributed by atoms with Gasteiger partial charge in [-0.2, -0.15) is 10.4 Å². The number of para-hydroxylation sites is 1. The molecule has 0 spiro atoms. The van der Waals surface area contributed by atoms with Crippen molar-refractivity contribution in [1.29, 1.82) is 5.26 Å². The van der Waals surface area contributed by atoms with E-state index in [9.17, 15) is 9.59 Å². The average molecular weight is 434 g/mol. The molecule has 1 aromatic carbocycles. The van der Waals surface area contributed by atoms with E-state index in [0.717, 1.165) is 5.69 Å². The molecule has 3 rings (SSSR count). The summed E-state index contributed by atoms with van der Waals surface area (Å²) >= 11 is 0. The van der Waals surface area contributed by atoms with Gasteiger partial charge < -0.3 is 9.64 Å². The fourth-order valence-electron chi connectivity index (χ4n) is 3.33. The van der Waals surface area contributed by atoms with Crippen molar-refractivity contribution in [2.75, 3.05) is 18.1 Å². The molecular formula is C24H27N5O3. The van der Waals surface area contributed by atoms with E-state index in [1.54, 1.807) is 29.1 Å². The highest BCUT2D eigenvalue weighted by atomic mass is 16.5. The van der Waals surface area contributed by atoms with Gasteiger partial charge in [-0.3, -0.25) is 4.79 Å². The summed E-state index contributed by atoms with van der Waals surface area (Å²) in [5, 5.41) is 13.9. The number of benzene rings is 1. The van der Waals surface area contributed by atoms with Crippen LogP contribution in [0.15, 0.2) is 42.6 Å². The maximum absolute atomic E-state index is 13.0. The standard InChI is InChI=1S/C24H27N5O3/c1-16(2)21-13-19(20-14-26-29(17(3)4)23(20)27-21)24(31)32-15-22(30)28(12-8-11-25)18-9-6-5-7-10-18/h5-7,9-10,13-14,16-17H,8,12,15H2,1-4H3. The van der Waals surface area contributed by atoms with Gasteiger partial charge in [0, 0.05) is 24.0 Å². The number of esters is 1. The lowest BCUT2D eigenvalue weighted by molar-refractivity contribution is -0.121. The SMILES string of the molecule is CC(C)c1cc(C(=O)OCC(=O)N(CCC#N)c2ccccc2)c2cnn(C(C)C)c2n1. The lowest BCUT2D eigenvalue weighted by Crippen LogP contribution is -2.35. The summed E-state index contributed by atoms with van der Waals surface area (Å²) in [6, 6.07) is 12.8. The van der Waals surface area contributed by atoms with E-state index in [1.165, 1.54) is 4.90 Å². The van der Waals surface area contributed by atoms with Crippen molar-refractivity contribution in [1.82, 2.24) is 14.8 Å². The van der Waals surface area contributed by atoms with Crippen molar-refractivity contribution in [3.63, 3.8) is 0 Å². The molecule has 0 atom stereocenters. The van der Waals surface area contributed by atoms with Gasteiger partial charge in [0.2, 0.25) is 0 Å². The van der Waals surface area contributed by atoms with Crippen LogP contribution in [0.25, 0.3) is 11.0 Å². The highest BCUT2D eigenvalue weighted by Crippen LogP contribution is 2.25. The Morgan fingerprint density at radius 1 is 1.19 bits per heavy atom. The number of fused-ring (bicyclic) bond motifs is 1. The Labute approximate surface area is 187 Å². The normalized spacial score (nSPS) is 11.0. The van der Waals surface area contributed by atoms with Gasteiger partial charge in [-0.1, -0.05) is 32.0 Å². The van der Waals surface area contributed by atoms with Gasteiger partial charge in [0.1, 0.15) is 0 Å². The maximum atomic E-state index is 13.0. The van der Waals surface area contributed by atoms with Crippen LogP contribution in [0.4, 0.5) is 5.69 Å². The summed E-state index contributed by atoms with van der Waals surface area (Å²) in [5.41, 5.74) is 2.35. The minimum atomic E-state index is -0.607. The first-order valence-electron chi connectivity index (χ1n) is 10.6. The van der Waals surface area contributed by atoms with Crippen molar-refractivity contribution in [2.45, 2.75) is 46.1 Å². The quantitative estimate of drug-likeness (QED) is 0.493. The van der Waals surface area contributed by atoms with Crippen molar-refractivity contribution in [3.8, 4) is 6.07 Å². The number of hydrogen-bond donors (Lipinski definition) is 0. The number of nitrogens with zero attached hydrogens (tertiary/aromatic N) is 5. The molecule has 0 bridgehead atoms. The Bertz CT molecular complexity index is 1150. The van der Waals surface area contributed by atoms with Crippen LogP contribution in [0, 0.1) is 11.3 Å². The van der Waals surface area contributed by atoms with E-state index in [0.29, 0.717) is 22.3 Å². The second-order valence-corrected chi connectivity index (χ2v) is 8.03. The molecule has 0 radical (unpaired) electrons. The molecule has 0 fully saturated rings. The molecule has 3 aromatic rings. The smallest absolute Gasteiger partial charge is 0.339 e. The van der Waals surface area contributed by atoms with Crippen LogP contribution < -0.4 is 4.90 Å². The average Bonchev–Trinajstić information content (AvgIpc) is 3.22. The summed E-state index contributed by atoms with van der Waals surface area (Å²) in [4.78, 5) is 31.9. The predicted octanol–water partition coefficient (Wildman–Crippen LogP) is 4.24. The number of pyridine rings is 1. The Kier molecular flexibility index (Phi) is 7.21. The molecule has 0 saturated heterocycles. The van der Waals surface area contributed by atoms with Crippen LogP contribution in [-0.4, -0.2) is 39.8 Å². The lowest BCUT2D eigenvalue weighted by Gasteiger charge is -2.21. The summed E-state index contributed by atoms with van der Waals surface area (Å²) in [6.45, 7) is 7.76. The van der Waals surface area contributed by atoms with Crippen molar-refractivity contribution in [3.05, 3.63) is 53.9 Å². The molecule has 8 nitrogen and oxygen atoms in total. The first-order chi connectivity index (χ1) is 15.3. The summed E-state index contributed by atoms with van der Waals surface area (Å²) < 4.78 is 7.17. The van der Waals surface area contributed by atoms with E-state index in [4.69, 9.17) is 10.00 Å². The van der Waals surface area contributed by atoms with Crippen LogP contribution in [0.5, 0.6) is 0 Å². The minimum Gasteiger partial charge on any atom is -0.452 e. The number of amides is 1. The molecule has 0 aliphatic carbocycles. The number of nitriles is 1. The molecular weight excluding hydrogens is 406 g/mol. The van der Waals surface area contributed by atoms with Crippen LogP contribution >= 0.6 is 0 Å². The van der Waals surface area contributed by atoms with E-state index < -0.39 is 18.5 Å². The Morgan fingerprint density at radius 2 is 1.91 bits per heavy atom. The summed E-state index contributed by atoms with van der Waals surface area (Å²) in [6.07, 6.45) is 1.78. The topological polar surface area (TPSA) is 101 Å². The minimum absolute atomic E-state index is 0.0763. The third-order valence-corrected chi connectivity index (χ3v) is 5.03. The number of carbonyl (C=O) groups is 2. The van der Waals surface area contributed by atoms with Crippen LogP contribution in [0.1, 0.15) is 62.1 Å². The number of carbonyl (C=O) groups excluding carboxylic acids is 2. The zero-order valence-electron chi connectivity index (χ0n) is 18.8. The molecule has 166 valence electrons. The van der Waals surface area contributed by atoms with Gasteiger partial charge in [0.25, 0.3) is 5.91 Å². The fraction of sp³-hybridized carbons (Fsp3) is 0.375. The third kappa shape index (κ3) is 4.94.